The summed E-state index contributed by atoms with van der Waals surface area (Å²) < 4.78 is 0. The summed E-state index contributed by atoms with van der Waals surface area (Å²) in [5.41, 5.74) is 5.79. The van der Waals surface area contributed by atoms with Gasteiger partial charge in [-0.3, -0.25) is 0 Å². The monoisotopic (exact) mass is 279 g/mol. The Morgan fingerprint density at radius 3 is 2.60 bits per heavy atom. The number of nitrogens with zero attached hydrogens (tertiary/aromatic N) is 5. The first-order valence-electron chi connectivity index (χ1n) is 7.22. The van der Waals surface area contributed by atoms with Gasteiger partial charge in [0.2, 0.25) is 17.8 Å². The van der Waals surface area contributed by atoms with Crippen molar-refractivity contribution in [2.75, 3.05) is 49.7 Å². The van der Waals surface area contributed by atoms with Crippen molar-refractivity contribution >= 4 is 17.8 Å². The molecular weight excluding hydrogens is 254 g/mol. The lowest BCUT2D eigenvalue weighted by molar-refractivity contribution is 0.390. The summed E-state index contributed by atoms with van der Waals surface area (Å²) in [6, 6.07) is 0.297. The molecule has 112 valence electrons. The molecule has 2 heterocycles. The van der Waals surface area contributed by atoms with Crippen molar-refractivity contribution < 1.29 is 0 Å². The number of hydrogen-bond acceptors (Lipinski definition) is 7. The van der Waals surface area contributed by atoms with Crippen LogP contribution in [0.15, 0.2) is 0 Å². The fourth-order valence-corrected chi connectivity index (χ4v) is 2.25. The van der Waals surface area contributed by atoms with Gasteiger partial charge in [-0.1, -0.05) is 0 Å². The highest BCUT2D eigenvalue weighted by atomic mass is 15.3. The first-order valence-corrected chi connectivity index (χ1v) is 7.22. The molecule has 0 amide bonds. The molecule has 1 aromatic heterocycles. The van der Waals surface area contributed by atoms with Crippen LogP contribution in [0.25, 0.3) is 0 Å². The smallest absolute Gasteiger partial charge is 0.231 e. The van der Waals surface area contributed by atoms with Gasteiger partial charge in [0.1, 0.15) is 0 Å². The van der Waals surface area contributed by atoms with Gasteiger partial charge in [0.25, 0.3) is 0 Å². The molecule has 7 nitrogen and oxygen atoms in total. The number of anilines is 3. The van der Waals surface area contributed by atoms with Gasteiger partial charge in [0.05, 0.1) is 0 Å². The van der Waals surface area contributed by atoms with Crippen molar-refractivity contribution in [3.63, 3.8) is 0 Å². The second-order valence-electron chi connectivity index (χ2n) is 5.65. The van der Waals surface area contributed by atoms with Crippen LogP contribution in [0.2, 0.25) is 0 Å². The van der Waals surface area contributed by atoms with E-state index in [1.807, 2.05) is 0 Å². The molecule has 0 spiro atoms. The molecule has 1 fully saturated rings. The van der Waals surface area contributed by atoms with Crippen molar-refractivity contribution in [2.45, 2.75) is 32.2 Å². The molecule has 1 aliphatic rings. The summed E-state index contributed by atoms with van der Waals surface area (Å²) in [6.45, 7) is 5.14. The Bertz CT molecular complexity index is 429. The maximum Gasteiger partial charge on any atom is 0.231 e. The minimum absolute atomic E-state index is 0.282. The number of nitrogens with one attached hydrogen (secondary N) is 1. The zero-order valence-electron chi connectivity index (χ0n) is 12.6. The molecule has 20 heavy (non-hydrogen) atoms. The van der Waals surface area contributed by atoms with E-state index in [1.165, 1.54) is 12.8 Å². The fraction of sp³-hybridized carbons (Fsp3) is 0.769. The third-order valence-corrected chi connectivity index (χ3v) is 3.41. The predicted octanol–water partition coefficient (Wildman–Crippen LogP) is 0.806. The predicted molar refractivity (Wildman–Crippen MR) is 81.9 cm³/mol. The van der Waals surface area contributed by atoms with E-state index in [-0.39, 0.29) is 5.95 Å². The highest BCUT2D eigenvalue weighted by Crippen LogP contribution is 2.18. The van der Waals surface area contributed by atoms with Gasteiger partial charge in [-0.05, 0) is 46.8 Å². The highest BCUT2D eigenvalue weighted by Gasteiger charge is 2.17. The molecule has 0 bridgehead atoms. The Labute approximate surface area is 120 Å². The Morgan fingerprint density at radius 1 is 1.25 bits per heavy atom. The van der Waals surface area contributed by atoms with Gasteiger partial charge in [0.15, 0.2) is 0 Å². The lowest BCUT2D eigenvalue weighted by atomic mass is 10.2. The number of hydrogen-bond donors (Lipinski definition) is 2. The van der Waals surface area contributed by atoms with Crippen LogP contribution in [-0.4, -0.2) is 59.6 Å². The second kappa shape index (κ2) is 6.69. The van der Waals surface area contributed by atoms with Gasteiger partial charge >= 0.3 is 0 Å². The molecular formula is C13H25N7. The summed E-state index contributed by atoms with van der Waals surface area (Å²) in [4.78, 5) is 17.2. The Kier molecular flexibility index (Phi) is 4.94. The van der Waals surface area contributed by atoms with Crippen LogP contribution < -0.4 is 16.0 Å². The van der Waals surface area contributed by atoms with Crippen LogP contribution in [0.1, 0.15) is 26.2 Å². The SMILES string of the molecule is CC(CCN(C)C)Nc1nc(N)nc(N2CCCC2)n1. The third-order valence-electron chi connectivity index (χ3n) is 3.41. The van der Waals surface area contributed by atoms with E-state index < -0.39 is 0 Å². The maximum absolute atomic E-state index is 5.79. The van der Waals surface area contributed by atoms with E-state index in [1.54, 1.807) is 0 Å². The lowest BCUT2D eigenvalue weighted by Crippen LogP contribution is -2.26. The average molecular weight is 279 g/mol. The van der Waals surface area contributed by atoms with Crippen LogP contribution in [0.4, 0.5) is 17.8 Å². The largest absolute Gasteiger partial charge is 0.368 e. The Balaban J connectivity index is 2.00. The Morgan fingerprint density at radius 2 is 1.95 bits per heavy atom. The zero-order valence-corrected chi connectivity index (χ0v) is 12.6. The topological polar surface area (TPSA) is 83.2 Å². The minimum Gasteiger partial charge on any atom is -0.368 e. The van der Waals surface area contributed by atoms with Gasteiger partial charge in [-0.2, -0.15) is 15.0 Å². The molecule has 0 saturated carbocycles. The molecule has 1 aromatic rings. The molecule has 7 heteroatoms. The quantitative estimate of drug-likeness (QED) is 0.797. The normalized spacial score (nSPS) is 16.7. The summed E-state index contributed by atoms with van der Waals surface area (Å²) in [5, 5.41) is 3.31. The van der Waals surface area contributed by atoms with Gasteiger partial charge < -0.3 is 20.9 Å². The first-order chi connectivity index (χ1) is 9.54. The molecule has 1 unspecified atom stereocenters. The van der Waals surface area contributed by atoms with Crippen LogP contribution in [0.5, 0.6) is 0 Å². The van der Waals surface area contributed by atoms with Gasteiger partial charge in [-0.15, -0.1) is 0 Å². The summed E-state index contributed by atoms with van der Waals surface area (Å²) in [6.07, 6.45) is 3.40. The molecule has 1 saturated heterocycles. The molecule has 2 rings (SSSR count). The van der Waals surface area contributed by atoms with E-state index in [0.717, 1.165) is 26.1 Å². The van der Waals surface area contributed by atoms with Crippen molar-refractivity contribution in [1.29, 1.82) is 0 Å². The van der Waals surface area contributed by atoms with Crippen LogP contribution >= 0.6 is 0 Å². The summed E-state index contributed by atoms with van der Waals surface area (Å²) in [7, 11) is 4.14. The summed E-state index contributed by atoms with van der Waals surface area (Å²) >= 11 is 0. The molecule has 0 aromatic carbocycles. The lowest BCUT2D eigenvalue weighted by Gasteiger charge is -2.19. The molecule has 3 N–H and O–H groups in total. The van der Waals surface area contributed by atoms with Crippen LogP contribution in [0.3, 0.4) is 0 Å². The average Bonchev–Trinajstić information content (AvgIpc) is 2.89. The first kappa shape index (κ1) is 14.8. The van der Waals surface area contributed by atoms with E-state index in [9.17, 15) is 0 Å². The van der Waals surface area contributed by atoms with Crippen molar-refractivity contribution in [3.05, 3.63) is 0 Å². The number of aromatic nitrogens is 3. The van der Waals surface area contributed by atoms with Gasteiger partial charge in [-0.25, -0.2) is 0 Å². The number of rotatable bonds is 6. The summed E-state index contributed by atoms with van der Waals surface area (Å²) in [5.74, 6) is 1.55. The van der Waals surface area contributed by atoms with E-state index in [4.69, 9.17) is 5.73 Å². The molecule has 1 atom stereocenters. The van der Waals surface area contributed by atoms with Crippen molar-refractivity contribution in [3.8, 4) is 0 Å². The van der Waals surface area contributed by atoms with E-state index >= 15 is 0 Å². The third kappa shape index (κ3) is 4.19. The van der Waals surface area contributed by atoms with Gasteiger partial charge in [0, 0.05) is 19.1 Å². The number of nitrogens with two attached hydrogens (primary N) is 1. The number of nitrogen functional groups attached to an aromatic ring is 1. The van der Waals surface area contributed by atoms with Crippen LogP contribution in [-0.2, 0) is 0 Å². The molecule has 1 aliphatic heterocycles. The van der Waals surface area contributed by atoms with Crippen molar-refractivity contribution in [2.24, 2.45) is 0 Å². The zero-order chi connectivity index (χ0) is 14.5. The standard InChI is InChI=1S/C13H25N7/c1-10(6-9-19(2)3)15-12-16-11(14)17-13(18-12)20-7-4-5-8-20/h10H,4-9H2,1-3H3,(H3,14,15,16,17,18). The van der Waals surface area contributed by atoms with Crippen LogP contribution in [0, 0.1) is 0 Å². The van der Waals surface area contributed by atoms with E-state index in [0.29, 0.717) is 17.9 Å². The Hall–Kier alpha value is -1.63. The fourth-order valence-electron chi connectivity index (χ4n) is 2.25. The maximum atomic E-state index is 5.79. The molecule has 0 radical (unpaired) electrons. The van der Waals surface area contributed by atoms with Crippen molar-refractivity contribution in [1.82, 2.24) is 19.9 Å². The van der Waals surface area contributed by atoms with E-state index in [2.05, 4.69) is 51.1 Å². The minimum atomic E-state index is 0.282. The molecule has 0 aliphatic carbocycles. The second-order valence-corrected chi connectivity index (χ2v) is 5.65. The highest BCUT2D eigenvalue weighted by molar-refractivity contribution is 5.42.